The van der Waals surface area contributed by atoms with Crippen molar-refractivity contribution >= 4 is 46.4 Å². The maximum Gasteiger partial charge on any atom is 0.265 e. The first-order chi connectivity index (χ1) is 17.9. The highest BCUT2D eigenvalue weighted by molar-refractivity contribution is 6.35. The van der Waals surface area contributed by atoms with Crippen molar-refractivity contribution in [3.8, 4) is 23.0 Å². The molecule has 10 heteroatoms. The summed E-state index contributed by atoms with van der Waals surface area (Å²) >= 11 is 12.0. The van der Waals surface area contributed by atoms with Gasteiger partial charge >= 0.3 is 0 Å². The molecule has 0 spiro atoms. The molecule has 0 saturated carbocycles. The van der Waals surface area contributed by atoms with Crippen LogP contribution in [0.3, 0.4) is 0 Å². The van der Waals surface area contributed by atoms with Crippen LogP contribution in [0.4, 0.5) is 11.4 Å². The van der Waals surface area contributed by atoms with Gasteiger partial charge in [-0.25, -0.2) is 0 Å². The summed E-state index contributed by atoms with van der Waals surface area (Å²) in [6.07, 6.45) is 0.739. The third kappa shape index (κ3) is 7.21. The molecule has 2 amide bonds. The average molecular weight is 545 g/mol. The van der Waals surface area contributed by atoms with Crippen LogP contribution in [0.2, 0.25) is 10.0 Å². The molecule has 1 heterocycles. The highest BCUT2D eigenvalue weighted by Crippen LogP contribution is 2.34. The minimum Gasteiger partial charge on any atom is -0.497 e. The number of halogens is 2. The summed E-state index contributed by atoms with van der Waals surface area (Å²) in [5.41, 5.74) is 1.14. The Morgan fingerprint density at radius 3 is 2.54 bits per heavy atom. The van der Waals surface area contributed by atoms with E-state index in [0.717, 1.165) is 5.75 Å². The van der Waals surface area contributed by atoms with Gasteiger partial charge in [-0.15, -0.1) is 0 Å². The number of amides is 2. The fourth-order valence-corrected chi connectivity index (χ4v) is 4.15. The maximum absolute atomic E-state index is 12.6. The number of ether oxygens (including phenoxy) is 4. The molecule has 3 aromatic carbocycles. The van der Waals surface area contributed by atoms with Gasteiger partial charge in [-0.3, -0.25) is 9.59 Å². The number of fused-ring (bicyclic) bond motifs is 1. The van der Waals surface area contributed by atoms with Crippen LogP contribution in [0, 0.1) is 0 Å². The second-order valence-corrected chi connectivity index (χ2v) is 8.96. The third-order valence-corrected chi connectivity index (χ3v) is 6.06. The van der Waals surface area contributed by atoms with Crippen molar-refractivity contribution in [1.82, 2.24) is 0 Å². The molecule has 1 aliphatic heterocycles. The lowest BCUT2D eigenvalue weighted by Crippen LogP contribution is -2.41. The molecule has 1 N–H and O–H groups in total. The van der Waals surface area contributed by atoms with Crippen molar-refractivity contribution in [3.63, 3.8) is 0 Å². The van der Waals surface area contributed by atoms with E-state index in [1.54, 1.807) is 72.7 Å². The van der Waals surface area contributed by atoms with Crippen molar-refractivity contribution in [2.45, 2.75) is 12.8 Å². The first-order valence-corrected chi connectivity index (χ1v) is 12.4. The molecule has 1 aliphatic rings. The van der Waals surface area contributed by atoms with Gasteiger partial charge in [-0.2, -0.15) is 0 Å². The standard InChI is InChI=1S/C27H26Cl2N2O6/c1-34-20-6-8-21(9-7-20)35-14-12-31-23-16-19(5-11-25(23)37-17-27(31)33)30-26(32)3-2-13-36-24-10-4-18(28)15-22(24)29/h4-11,15-16H,2-3,12-14,17H2,1H3,(H,30,32). The highest BCUT2D eigenvalue weighted by atomic mass is 35.5. The van der Waals surface area contributed by atoms with Gasteiger partial charge in [0.2, 0.25) is 5.91 Å². The zero-order chi connectivity index (χ0) is 26.2. The van der Waals surface area contributed by atoms with Gasteiger partial charge < -0.3 is 29.2 Å². The first-order valence-electron chi connectivity index (χ1n) is 11.6. The monoisotopic (exact) mass is 544 g/mol. The Morgan fingerprint density at radius 1 is 1.00 bits per heavy atom. The van der Waals surface area contributed by atoms with Crippen LogP contribution in [-0.2, 0) is 9.59 Å². The SMILES string of the molecule is COc1ccc(OCCN2C(=O)COc3ccc(NC(=O)CCCOc4ccc(Cl)cc4Cl)cc32)cc1. The number of hydrogen-bond acceptors (Lipinski definition) is 6. The van der Waals surface area contributed by atoms with E-state index in [1.165, 1.54) is 0 Å². The van der Waals surface area contributed by atoms with Crippen LogP contribution in [0.25, 0.3) is 0 Å². The fourth-order valence-electron chi connectivity index (χ4n) is 3.68. The van der Waals surface area contributed by atoms with Gasteiger partial charge in [-0.1, -0.05) is 23.2 Å². The minimum absolute atomic E-state index is 0.0567. The molecule has 0 aliphatic carbocycles. The topological polar surface area (TPSA) is 86.3 Å². The van der Waals surface area contributed by atoms with Crippen LogP contribution in [0.15, 0.2) is 60.7 Å². The number of hydrogen-bond donors (Lipinski definition) is 1. The Morgan fingerprint density at radius 2 is 1.78 bits per heavy atom. The van der Waals surface area contributed by atoms with E-state index < -0.39 is 0 Å². The Kier molecular flexibility index (Phi) is 8.98. The molecular formula is C27H26Cl2N2O6. The zero-order valence-corrected chi connectivity index (χ0v) is 21.7. The van der Waals surface area contributed by atoms with Crippen molar-refractivity contribution in [2.24, 2.45) is 0 Å². The number of anilines is 2. The van der Waals surface area contributed by atoms with Crippen molar-refractivity contribution in [2.75, 3.05) is 43.7 Å². The van der Waals surface area contributed by atoms with Crippen molar-refractivity contribution in [3.05, 3.63) is 70.7 Å². The summed E-state index contributed by atoms with van der Waals surface area (Å²) in [7, 11) is 1.60. The molecule has 4 rings (SSSR count). The van der Waals surface area contributed by atoms with E-state index in [9.17, 15) is 9.59 Å². The third-order valence-electron chi connectivity index (χ3n) is 5.53. The highest BCUT2D eigenvalue weighted by Gasteiger charge is 2.26. The van der Waals surface area contributed by atoms with E-state index in [2.05, 4.69) is 5.32 Å². The van der Waals surface area contributed by atoms with E-state index in [0.29, 0.717) is 58.2 Å². The number of benzene rings is 3. The van der Waals surface area contributed by atoms with Gasteiger partial charge in [-0.05, 0) is 67.1 Å². The lowest BCUT2D eigenvalue weighted by atomic mass is 10.2. The van der Waals surface area contributed by atoms with Gasteiger partial charge in [0.25, 0.3) is 5.91 Å². The predicted octanol–water partition coefficient (Wildman–Crippen LogP) is 5.60. The summed E-state index contributed by atoms with van der Waals surface area (Å²) in [5.74, 6) is 2.12. The molecule has 0 atom stereocenters. The van der Waals surface area contributed by atoms with Gasteiger partial charge in [0.05, 0.1) is 31.0 Å². The molecule has 3 aromatic rings. The molecule has 0 aromatic heterocycles. The quantitative estimate of drug-likeness (QED) is 0.316. The van der Waals surface area contributed by atoms with Gasteiger partial charge in [0, 0.05) is 17.1 Å². The second-order valence-electron chi connectivity index (χ2n) is 8.12. The molecular weight excluding hydrogens is 519 g/mol. The fraction of sp³-hybridized carbons (Fsp3) is 0.259. The molecule has 194 valence electrons. The number of nitrogens with zero attached hydrogens (tertiary/aromatic N) is 1. The van der Waals surface area contributed by atoms with E-state index >= 15 is 0 Å². The Hall–Kier alpha value is -3.62. The summed E-state index contributed by atoms with van der Waals surface area (Å²) in [5, 5.41) is 3.81. The molecule has 8 nitrogen and oxygen atoms in total. The van der Waals surface area contributed by atoms with Crippen LogP contribution in [0.5, 0.6) is 23.0 Å². The average Bonchev–Trinajstić information content (AvgIpc) is 2.89. The second kappa shape index (κ2) is 12.6. The van der Waals surface area contributed by atoms with Crippen molar-refractivity contribution < 1.29 is 28.5 Å². The molecule has 0 bridgehead atoms. The molecule has 0 fully saturated rings. The van der Waals surface area contributed by atoms with Crippen LogP contribution >= 0.6 is 23.2 Å². The van der Waals surface area contributed by atoms with E-state index in [4.69, 9.17) is 42.1 Å². The normalized spacial score (nSPS) is 12.4. The van der Waals surface area contributed by atoms with E-state index in [1.807, 2.05) is 0 Å². The number of carbonyl (C=O) groups excluding carboxylic acids is 2. The number of nitrogens with one attached hydrogen (secondary N) is 1. The summed E-state index contributed by atoms with van der Waals surface area (Å²) in [4.78, 5) is 26.6. The van der Waals surface area contributed by atoms with Crippen LogP contribution in [0.1, 0.15) is 12.8 Å². The molecule has 0 radical (unpaired) electrons. The Balaban J connectivity index is 1.29. The minimum atomic E-state index is -0.188. The maximum atomic E-state index is 12.6. The van der Waals surface area contributed by atoms with E-state index in [-0.39, 0.29) is 31.4 Å². The molecule has 0 unspecified atom stereocenters. The largest absolute Gasteiger partial charge is 0.497 e. The molecule has 0 saturated heterocycles. The summed E-state index contributed by atoms with van der Waals surface area (Å²) < 4.78 is 22.1. The summed E-state index contributed by atoms with van der Waals surface area (Å²) in [6.45, 7) is 0.872. The molecule has 37 heavy (non-hydrogen) atoms. The van der Waals surface area contributed by atoms with Crippen molar-refractivity contribution in [1.29, 1.82) is 0 Å². The summed E-state index contributed by atoms with van der Waals surface area (Å²) in [6, 6.07) is 17.4. The number of rotatable bonds is 11. The Labute approximate surface area is 225 Å². The first kappa shape index (κ1) is 26.4. The lowest BCUT2D eigenvalue weighted by Gasteiger charge is -2.29. The number of carbonyl (C=O) groups is 2. The Bertz CT molecular complexity index is 1250. The van der Waals surface area contributed by atoms with Gasteiger partial charge in [0.1, 0.15) is 29.6 Å². The lowest BCUT2D eigenvalue weighted by molar-refractivity contribution is -0.121. The van der Waals surface area contributed by atoms with Gasteiger partial charge in [0.15, 0.2) is 6.61 Å². The predicted molar refractivity (Wildman–Crippen MR) is 143 cm³/mol. The number of methoxy groups -OCH3 is 1. The zero-order valence-electron chi connectivity index (χ0n) is 20.2. The van der Waals surface area contributed by atoms with Crippen LogP contribution < -0.4 is 29.2 Å². The van der Waals surface area contributed by atoms with Crippen LogP contribution in [-0.4, -0.2) is 45.3 Å². The smallest absolute Gasteiger partial charge is 0.265 e.